The third kappa shape index (κ3) is 2.67. The fourth-order valence-electron chi connectivity index (χ4n) is 5.64. The smallest absolute Gasteiger partial charge is 0.328 e. The normalized spacial score (nSPS) is 25.7. The number of halogens is 1. The number of carbonyl (C=O) groups excluding carboxylic acids is 3. The lowest BCUT2D eigenvalue weighted by Gasteiger charge is -2.55. The highest BCUT2D eigenvalue weighted by molar-refractivity contribution is 6.20. The second kappa shape index (κ2) is 7.07. The van der Waals surface area contributed by atoms with Crippen molar-refractivity contribution in [2.24, 2.45) is 5.41 Å². The number of aromatic nitrogens is 2. The molecule has 11 heteroatoms. The number of nitrogens with one attached hydrogen (secondary N) is 2. The second-order valence-electron chi connectivity index (χ2n) is 8.96. The number of amides is 4. The number of pyridine rings is 1. The first-order valence-corrected chi connectivity index (χ1v) is 10.9. The number of nitrogens with zero attached hydrogens (tertiary/aromatic N) is 3. The van der Waals surface area contributed by atoms with Gasteiger partial charge < -0.3 is 14.2 Å². The highest BCUT2D eigenvalue weighted by Crippen LogP contribution is 2.49. The Labute approximate surface area is 192 Å². The van der Waals surface area contributed by atoms with Crippen LogP contribution >= 0.6 is 0 Å². The first-order valence-electron chi connectivity index (χ1n) is 10.9. The molecule has 2 aromatic heterocycles. The fraction of sp³-hybridized carbons (Fsp3) is 0.348. The summed E-state index contributed by atoms with van der Waals surface area (Å²) >= 11 is 0. The molecule has 4 amide bonds. The number of imide groups is 2. The predicted octanol–water partition coefficient (Wildman–Crippen LogP) is 1.92. The molecule has 0 unspecified atom stereocenters. The zero-order valence-corrected chi connectivity index (χ0v) is 18.3. The average Bonchev–Trinajstić information content (AvgIpc) is 3.21. The Hall–Kier alpha value is -3.86. The van der Waals surface area contributed by atoms with Crippen molar-refractivity contribution in [3.63, 3.8) is 0 Å². The van der Waals surface area contributed by atoms with Crippen molar-refractivity contribution in [2.45, 2.75) is 38.5 Å². The van der Waals surface area contributed by atoms with E-state index in [4.69, 9.17) is 9.26 Å². The van der Waals surface area contributed by atoms with E-state index in [0.717, 1.165) is 0 Å². The molecule has 3 aliphatic heterocycles. The monoisotopic (exact) mass is 465 g/mol. The Bertz CT molecular complexity index is 1350. The van der Waals surface area contributed by atoms with E-state index < -0.39 is 41.2 Å². The van der Waals surface area contributed by atoms with Crippen LogP contribution in [0.3, 0.4) is 0 Å². The summed E-state index contributed by atoms with van der Waals surface area (Å²) < 4.78 is 27.4. The molecule has 0 aliphatic carbocycles. The highest BCUT2D eigenvalue weighted by atomic mass is 19.1. The molecule has 0 bridgehead atoms. The summed E-state index contributed by atoms with van der Waals surface area (Å²) in [7, 11) is 0. The van der Waals surface area contributed by atoms with Crippen molar-refractivity contribution >= 4 is 34.5 Å². The molecule has 174 valence electrons. The van der Waals surface area contributed by atoms with Crippen LogP contribution in [-0.4, -0.2) is 52.8 Å². The number of rotatable bonds is 1. The molecule has 2 saturated heterocycles. The zero-order valence-electron chi connectivity index (χ0n) is 18.3. The van der Waals surface area contributed by atoms with E-state index in [1.165, 1.54) is 0 Å². The van der Waals surface area contributed by atoms with Crippen LogP contribution in [0.15, 0.2) is 35.0 Å². The van der Waals surface area contributed by atoms with E-state index in [2.05, 4.69) is 20.8 Å². The second-order valence-corrected chi connectivity index (χ2v) is 8.96. The van der Waals surface area contributed by atoms with Gasteiger partial charge in [-0.15, -0.1) is 0 Å². The number of urea groups is 1. The average molecular weight is 465 g/mol. The standard InChI is InChI=1S/C23H20FN5O5/c1-10-9-29-17-12(7-13-16(14-5-3-4-6-25-14)28-34-18(13)15(17)24)8-23(19(29)11(2)33-10)20(30)26-22(32)27-21(23)31/h3-7,10-11,19H,8-9H2,1-2H3,(H2,26,27,30,31,32)/t10-,11+,19-/m0/s1. The van der Waals surface area contributed by atoms with Crippen molar-refractivity contribution < 1.29 is 28.0 Å². The van der Waals surface area contributed by atoms with Crippen LogP contribution in [-0.2, 0) is 20.7 Å². The SMILES string of the molecule is C[C@H]1CN2c3c(cc4c(-c5ccccn5)noc4c3F)CC3(C(=O)NC(=O)NC3=O)[C@@H]2[C@@H](C)O1. The number of fused-ring (bicyclic) bond motifs is 5. The van der Waals surface area contributed by atoms with Crippen LogP contribution in [0, 0.1) is 11.2 Å². The number of benzene rings is 1. The largest absolute Gasteiger partial charge is 0.372 e. The minimum atomic E-state index is -1.69. The van der Waals surface area contributed by atoms with E-state index in [-0.39, 0.29) is 30.3 Å². The molecule has 10 nitrogen and oxygen atoms in total. The molecule has 5 heterocycles. The maximum atomic E-state index is 16.0. The van der Waals surface area contributed by atoms with Gasteiger partial charge in [0.1, 0.15) is 5.69 Å². The molecular weight excluding hydrogens is 445 g/mol. The van der Waals surface area contributed by atoms with Crippen LogP contribution in [0.2, 0.25) is 0 Å². The van der Waals surface area contributed by atoms with Crippen LogP contribution in [0.25, 0.3) is 22.4 Å². The Morgan fingerprint density at radius 1 is 1.18 bits per heavy atom. The number of hydrogen-bond donors (Lipinski definition) is 2. The molecule has 34 heavy (non-hydrogen) atoms. The van der Waals surface area contributed by atoms with Crippen molar-refractivity contribution in [3.05, 3.63) is 41.8 Å². The van der Waals surface area contributed by atoms with Crippen LogP contribution in [0.5, 0.6) is 0 Å². The van der Waals surface area contributed by atoms with E-state index in [9.17, 15) is 14.4 Å². The van der Waals surface area contributed by atoms with E-state index in [1.807, 2.05) is 6.92 Å². The van der Waals surface area contributed by atoms with Crippen LogP contribution in [0.1, 0.15) is 19.4 Å². The Morgan fingerprint density at radius 3 is 2.65 bits per heavy atom. The molecule has 0 radical (unpaired) electrons. The maximum Gasteiger partial charge on any atom is 0.328 e. The zero-order chi connectivity index (χ0) is 23.8. The number of ether oxygens (including phenoxy) is 1. The fourth-order valence-corrected chi connectivity index (χ4v) is 5.64. The summed E-state index contributed by atoms with van der Waals surface area (Å²) in [5.41, 5.74) is -0.202. The lowest BCUT2D eigenvalue weighted by molar-refractivity contribution is -0.153. The summed E-state index contributed by atoms with van der Waals surface area (Å²) in [6.45, 7) is 3.81. The first kappa shape index (κ1) is 20.7. The Kier molecular flexibility index (Phi) is 4.31. The molecule has 3 aliphatic rings. The molecule has 1 spiro atoms. The Morgan fingerprint density at radius 2 is 1.94 bits per heavy atom. The van der Waals surface area contributed by atoms with Gasteiger partial charge in [-0.2, -0.15) is 0 Å². The van der Waals surface area contributed by atoms with Gasteiger partial charge in [-0.05, 0) is 37.6 Å². The summed E-state index contributed by atoms with van der Waals surface area (Å²) in [5.74, 6) is -2.10. The Balaban J connectivity index is 1.61. The summed E-state index contributed by atoms with van der Waals surface area (Å²) in [6.07, 6.45) is 0.569. The van der Waals surface area contributed by atoms with Crippen LogP contribution < -0.4 is 15.5 Å². The lowest BCUT2D eigenvalue weighted by atomic mass is 9.66. The van der Waals surface area contributed by atoms with Gasteiger partial charge >= 0.3 is 6.03 Å². The lowest BCUT2D eigenvalue weighted by Crippen LogP contribution is -2.75. The topological polar surface area (TPSA) is 127 Å². The van der Waals surface area contributed by atoms with Gasteiger partial charge in [-0.25, -0.2) is 9.18 Å². The summed E-state index contributed by atoms with van der Waals surface area (Å²) in [5, 5.41) is 8.88. The van der Waals surface area contributed by atoms with E-state index in [1.54, 1.807) is 42.3 Å². The highest BCUT2D eigenvalue weighted by Gasteiger charge is 2.63. The minimum absolute atomic E-state index is 0.0337. The van der Waals surface area contributed by atoms with Crippen molar-refractivity contribution in [1.82, 2.24) is 20.8 Å². The van der Waals surface area contributed by atoms with Gasteiger partial charge in [0.25, 0.3) is 0 Å². The molecule has 1 aromatic carbocycles. The van der Waals surface area contributed by atoms with Crippen molar-refractivity contribution in [3.8, 4) is 11.4 Å². The van der Waals surface area contributed by atoms with Gasteiger partial charge in [0, 0.05) is 19.2 Å². The summed E-state index contributed by atoms with van der Waals surface area (Å²) in [6, 6.07) is 5.23. The van der Waals surface area contributed by atoms with Crippen molar-refractivity contribution in [1.29, 1.82) is 0 Å². The maximum absolute atomic E-state index is 16.0. The molecule has 3 aromatic rings. The molecule has 0 saturated carbocycles. The van der Waals surface area contributed by atoms with E-state index in [0.29, 0.717) is 22.3 Å². The number of barbiturate groups is 1. The predicted molar refractivity (Wildman–Crippen MR) is 116 cm³/mol. The van der Waals surface area contributed by atoms with Gasteiger partial charge in [-0.3, -0.25) is 25.2 Å². The first-order chi connectivity index (χ1) is 16.3. The van der Waals surface area contributed by atoms with E-state index >= 15 is 4.39 Å². The quantitative estimate of drug-likeness (QED) is 0.522. The molecule has 2 fully saturated rings. The van der Waals surface area contributed by atoms with Crippen LogP contribution in [0.4, 0.5) is 14.9 Å². The number of carbonyl (C=O) groups is 3. The van der Waals surface area contributed by atoms with Crippen molar-refractivity contribution in [2.75, 3.05) is 11.4 Å². The third-order valence-electron chi connectivity index (χ3n) is 6.87. The third-order valence-corrected chi connectivity index (χ3v) is 6.87. The van der Waals surface area contributed by atoms with Gasteiger partial charge in [0.05, 0.1) is 35.0 Å². The molecule has 2 N–H and O–H groups in total. The van der Waals surface area contributed by atoms with Gasteiger partial charge in [0.2, 0.25) is 17.4 Å². The number of hydrogen-bond acceptors (Lipinski definition) is 8. The molecule has 3 atom stereocenters. The number of anilines is 1. The van der Waals surface area contributed by atoms with Gasteiger partial charge in [-0.1, -0.05) is 11.2 Å². The number of morpholine rings is 1. The minimum Gasteiger partial charge on any atom is -0.372 e. The summed E-state index contributed by atoms with van der Waals surface area (Å²) in [4.78, 5) is 44.3. The molecular formula is C23H20FN5O5. The molecule has 6 rings (SSSR count). The van der Waals surface area contributed by atoms with Gasteiger partial charge in [0.15, 0.2) is 11.2 Å².